The Morgan fingerprint density at radius 2 is 2.14 bits per heavy atom. The quantitative estimate of drug-likeness (QED) is 0.592. The van der Waals surface area contributed by atoms with Crippen LogP contribution in [0.15, 0.2) is 18.2 Å². The van der Waals surface area contributed by atoms with Crippen molar-refractivity contribution >= 4 is 16.9 Å². The molecule has 1 aromatic carbocycles. The molecule has 0 heterocycles. The summed E-state index contributed by atoms with van der Waals surface area (Å²) in [5.74, 6) is 0.889. The normalized spacial score (nSPS) is 10.1. The fraction of sp³-hybridized carbons (Fsp3) is 0.364. The van der Waals surface area contributed by atoms with Crippen molar-refractivity contribution in [1.29, 1.82) is 5.41 Å². The van der Waals surface area contributed by atoms with Gasteiger partial charge in [0.15, 0.2) is 5.17 Å². The van der Waals surface area contributed by atoms with Crippen LogP contribution in [0.1, 0.15) is 16.7 Å². The summed E-state index contributed by atoms with van der Waals surface area (Å²) in [4.78, 5) is 0. The highest BCUT2D eigenvalue weighted by atomic mass is 32.2. The molecule has 3 heteroatoms. The first-order valence-corrected chi connectivity index (χ1v) is 5.61. The minimum Gasteiger partial charge on any atom is -0.379 e. The Labute approximate surface area is 89.4 Å². The maximum absolute atomic E-state index is 7.10. The Kier molecular flexibility index (Phi) is 4.01. The SMILES string of the molecule is Cc1ccc(C)c(CCSC(=N)N)c1. The van der Waals surface area contributed by atoms with E-state index in [9.17, 15) is 0 Å². The van der Waals surface area contributed by atoms with Gasteiger partial charge in [-0.15, -0.1) is 0 Å². The van der Waals surface area contributed by atoms with Crippen molar-refractivity contribution in [3.8, 4) is 0 Å². The van der Waals surface area contributed by atoms with Crippen LogP contribution in [0.5, 0.6) is 0 Å². The summed E-state index contributed by atoms with van der Waals surface area (Å²) in [5, 5.41) is 7.30. The number of hydrogen-bond acceptors (Lipinski definition) is 2. The van der Waals surface area contributed by atoms with E-state index in [-0.39, 0.29) is 5.17 Å². The molecule has 14 heavy (non-hydrogen) atoms. The zero-order valence-electron chi connectivity index (χ0n) is 8.63. The fourth-order valence-electron chi connectivity index (χ4n) is 1.34. The van der Waals surface area contributed by atoms with Crippen molar-refractivity contribution in [3.63, 3.8) is 0 Å². The number of amidine groups is 1. The van der Waals surface area contributed by atoms with Crippen LogP contribution >= 0.6 is 11.8 Å². The lowest BCUT2D eigenvalue weighted by atomic mass is 10.0. The predicted octanol–water partition coefficient (Wildman–Crippen LogP) is 2.47. The third-order valence-electron chi connectivity index (χ3n) is 2.13. The topological polar surface area (TPSA) is 49.9 Å². The van der Waals surface area contributed by atoms with Crippen molar-refractivity contribution in [3.05, 3.63) is 34.9 Å². The zero-order valence-corrected chi connectivity index (χ0v) is 9.45. The third-order valence-corrected chi connectivity index (χ3v) is 2.85. The number of nitrogens with one attached hydrogen (secondary N) is 1. The molecule has 3 N–H and O–H groups in total. The number of aryl methyl sites for hydroxylation is 3. The van der Waals surface area contributed by atoms with Gasteiger partial charge in [-0.3, -0.25) is 5.41 Å². The third kappa shape index (κ3) is 3.42. The van der Waals surface area contributed by atoms with Gasteiger partial charge in [-0.25, -0.2) is 0 Å². The minimum absolute atomic E-state index is 0.204. The van der Waals surface area contributed by atoms with Gasteiger partial charge in [0.1, 0.15) is 0 Å². The Balaban J connectivity index is 2.57. The standard InChI is InChI=1S/C11H16N2S/c1-8-3-4-9(2)10(7-8)5-6-14-11(12)13/h3-4,7H,5-6H2,1-2H3,(H3,12,13). The summed E-state index contributed by atoms with van der Waals surface area (Å²) >= 11 is 1.40. The molecule has 76 valence electrons. The molecule has 0 spiro atoms. The number of benzene rings is 1. The van der Waals surface area contributed by atoms with E-state index in [0.29, 0.717) is 0 Å². The lowest BCUT2D eigenvalue weighted by molar-refractivity contribution is 1.12. The second kappa shape index (κ2) is 5.05. The van der Waals surface area contributed by atoms with E-state index in [4.69, 9.17) is 11.1 Å². The zero-order chi connectivity index (χ0) is 10.6. The Bertz CT molecular complexity index is 334. The average Bonchev–Trinajstić information content (AvgIpc) is 2.10. The van der Waals surface area contributed by atoms with E-state index in [2.05, 4.69) is 32.0 Å². The molecule has 0 aliphatic rings. The second-order valence-electron chi connectivity index (χ2n) is 3.39. The summed E-state index contributed by atoms with van der Waals surface area (Å²) in [5.41, 5.74) is 9.24. The van der Waals surface area contributed by atoms with Crippen LogP contribution in [-0.2, 0) is 6.42 Å². The summed E-state index contributed by atoms with van der Waals surface area (Å²) in [6, 6.07) is 6.47. The highest BCUT2D eigenvalue weighted by molar-refractivity contribution is 8.13. The number of hydrogen-bond donors (Lipinski definition) is 2. The molecule has 0 saturated heterocycles. The molecule has 0 bridgehead atoms. The van der Waals surface area contributed by atoms with E-state index in [1.54, 1.807) is 0 Å². The van der Waals surface area contributed by atoms with Crippen molar-refractivity contribution in [2.24, 2.45) is 5.73 Å². The molecule has 0 atom stereocenters. The minimum atomic E-state index is 0.204. The van der Waals surface area contributed by atoms with E-state index in [1.165, 1.54) is 28.5 Å². The molecular weight excluding hydrogens is 192 g/mol. The molecule has 0 aromatic heterocycles. The van der Waals surface area contributed by atoms with Gasteiger partial charge < -0.3 is 5.73 Å². The summed E-state index contributed by atoms with van der Waals surface area (Å²) in [6.07, 6.45) is 0.984. The number of thioether (sulfide) groups is 1. The molecule has 0 saturated carbocycles. The Morgan fingerprint density at radius 1 is 1.43 bits per heavy atom. The van der Waals surface area contributed by atoms with Crippen molar-refractivity contribution < 1.29 is 0 Å². The van der Waals surface area contributed by atoms with E-state index in [0.717, 1.165) is 12.2 Å². The van der Waals surface area contributed by atoms with Crippen molar-refractivity contribution in [1.82, 2.24) is 0 Å². The van der Waals surface area contributed by atoms with Crippen LogP contribution in [-0.4, -0.2) is 10.9 Å². The molecule has 2 nitrogen and oxygen atoms in total. The summed E-state index contributed by atoms with van der Waals surface area (Å²) < 4.78 is 0. The van der Waals surface area contributed by atoms with Crippen LogP contribution in [0, 0.1) is 19.3 Å². The van der Waals surface area contributed by atoms with Crippen molar-refractivity contribution in [2.45, 2.75) is 20.3 Å². The smallest absolute Gasteiger partial charge is 0.151 e. The van der Waals surface area contributed by atoms with Gasteiger partial charge in [0, 0.05) is 5.75 Å². The van der Waals surface area contributed by atoms with Gasteiger partial charge in [-0.05, 0) is 31.4 Å². The van der Waals surface area contributed by atoms with Gasteiger partial charge in [0.25, 0.3) is 0 Å². The summed E-state index contributed by atoms with van der Waals surface area (Å²) in [7, 11) is 0. The van der Waals surface area contributed by atoms with Gasteiger partial charge in [-0.2, -0.15) is 0 Å². The molecule has 1 aromatic rings. The van der Waals surface area contributed by atoms with E-state index < -0.39 is 0 Å². The number of nitrogens with two attached hydrogens (primary N) is 1. The maximum atomic E-state index is 7.10. The molecule has 0 unspecified atom stereocenters. The molecule has 0 amide bonds. The first-order chi connectivity index (χ1) is 6.59. The highest BCUT2D eigenvalue weighted by Gasteiger charge is 1.99. The van der Waals surface area contributed by atoms with E-state index in [1.807, 2.05) is 0 Å². The monoisotopic (exact) mass is 208 g/mol. The molecular formula is C11H16N2S. The molecule has 0 aliphatic heterocycles. The highest BCUT2D eigenvalue weighted by Crippen LogP contribution is 2.13. The molecule has 0 aliphatic carbocycles. The first kappa shape index (κ1) is 11.1. The van der Waals surface area contributed by atoms with Crippen LogP contribution in [0.25, 0.3) is 0 Å². The largest absolute Gasteiger partial charge is 0.379 e. The van der Waals surface area contributed by atoms with Gasteiger partial charge in [0.2, 0.25) is 0 Å². The average molecular weight is 208 g/mol. The molecule has 0 fully saturated rings. The first-order valence-electron chi connectivity index (χ1n) is 4.62. The maximum Gasteiger partial charge on any atom is 0.151 e. The predicted molar refractivity (Wildman–Crippen MR) is 64.0 cm³/mol. The van der Waals surface area contributed by atoms with E-state index >= 15 is 0 Å². The van der Waals surface area contributed by atoms with Crippen LogP contribution in [0.2, 0.25) is 0 Å². The second-order valence-corrected chi connectivity index (χ2v) is 4.53. The summed E-state index contributed by atoms with van der Waals surface area (Å²) in [6.45, 7) is 4.22. The fourth-order valence-corrected chi connectivity index (χ4v) is 1.88. The van der Waals surface area contributed by atoms with Gasteiger partial charge in [-0.1, -0.05) is 35.5 Å². The molecule has 0 radical (unpaired) electrons. The van der Waals surface area contributed by atoms with Crippen LogP contribution in [0.4, 0.5) is 0 Å². The molecule has 1 rings (SSSR count). The van der Waals surface area contributed by atoms with Crippen molar-refractivity contribution in [2.75, 3.05) is 5.75 Å². The van der Waals surface area contributed by atoms with Crippen LogP contribution in [0.3, 0.4) is 0 Å². The lowest BCUT2D eigenvalue weighted by Gasteiger charge is -2.06. The lowest BCUT2D eigenvalue weighted by Crippen LogP contribution is -2.05. The Hall–Kier alpha value is -0.960. The van der Waals surface area contributed by atoms with Gasteiger partial charge >= 0.3 is 0 Å². The Morgan fingerprint density at radius 3 is 2.79 bits per heavy atom. The number of rotatable bonds is 3. The van der Waals surface area contributed by atoms with Gasteiger partial charge in [0.05, 0.1) is 0 Å². The van der Waals surface area contributed by atoms with Crippen LogP contribution < -0.4 is 5.73 Å².